The summed E-state index contributed by atoms with van der Waals surface area (Å²) in [5, 5.41) is 0. The minimum absolute atomic E-state index is 0.135. The van der Waals surface area contributed by atoms with Crippen LogP contribution < -0.4 is 0 Å². The molecule has 6 heteroatoms. The number of carbonyl (C=O) groups is 1. The molecule has 0 rings (SSSR count). The summed E-state index contributed by atoms with van der Waals surface area (Å²) in [6.07, 6.45) is 1.63. The van der Waals surface area contributed by atoms with E-state index in [2.05, 4.69) is 6.58 Å². The number of hydrogen-bond donors (Lipinski definition) is 0. The molecule has 92 valence electrons. The molecular formula is C10H18O5Si. The molecule has 0 aliphatic rings. The molecule has 0 aromatic heterocycles. The predicted molar refractivity (Wildman–Crippen MR) is 61.7 cm³/mol. The first-order chi connectivity index (χ1) is 7.51. The molecule has 0 fully saturated rings. The van der Waals surface area contributed by atoms with Crippen LogP contribution >= 0.6 is 0 Å². The molecule has 0 aliphatic heterocycles. The number of rotatable bonds is 7. The Morgan fingerprint density at radius 2 is 1.75 bits per heavy atom. The third-order valence-electron chi connectivity index (χ3n) is 1.83. The highest BCUT2D eigenvalue weighted by molar-refractivity contribution is 6.66. The maximum atomic E-state index is 11.0. The van der Waals surface area contributed by atoms with Crippen LogP contribution in [-0.4, -0.2) is 42.7 Å². The Bertz CT molecular complexity index is 262. The van der Waals surface area contributed by atoms with Gasteiger partial charge in [0.15, 0.2) is 0 Å². The second-order valence-corrected chi connectivity index (χ2v) is 5.76. The van der Waals surface area contributed by atoms with Crippen LogP contribution in [0.1, 0.15) is 6.92 Å². The quantitative estimate of drug-likeness (QED) is 0.382. The second kappa shape index (κ2) is 7.34. The van der Waals surface area contributed by atoms with E-state index in [1.54, 1.807) is 18.7 Å². The molecule has 0 unspecified atom stereocenters. The molecule has 0 saturated heterocycles. The lowest BCUT2D eigenvalue weighted by molar-refractivity contribution is -0.137. The third kappa shape index (κ3) is 4.71. The summed E-state index contributed by atoms with van der Waals surface area (Å²) in [6, 6.07) is 0. The van der Waals surface area contributed by atoms with Crippen molar-refractivity contribution in [1.82, 2.24) is 0 Å². The van der Waals surface area contributed by atoms with Gasteiger partial charge in [-0.15, -0.1) is 0 Å². The number of hydrogen-bond acceptors (Lipinski definition) is 5. The van der Waals surface area contributed by atoms with E-state index in [4.69, 9.17) is 18.0 Å². The van der Waals surface area contributed by atoms with Gasteiger partial charge < -0.3 is 18.0 Å². The molecule has 0 atom stereocenters. The van der Waals surface area contributed by atoms with Crippen molar-refractivity contribution in [3.8, 4) is 0 Å². The van der Waals surface area contributed by atoms with E-state index in [0.717, 1.165) is 0 Å². The van der Waals surface area contributed by atoms with Crippen LogP contribution in [0.2, 0.25) is 0 Å². The summed E-state index contributed by atoms with van der Waals surface area (Å²) >= 11 is 0. The van der Waals surface area contributed by atoms with Crippen LogP contribution in [0.25, 0.3) is 0 Å². The zero-order chi connectivity index (χ0) is 12.6. The van der Waals surface area contributed by atoms with Gasteiger partial charge in [-0.1, -0.05) is 6.58 Å². The average Bonchev–Trinajstić information content (AvgIpc) is 2.30. The van der Waals surface area contributed by atoms with E-state index in [1.165, 1.54) is 21.3 Å². The zero-order valence-electron chi connectivity index (χ0n) is 10.1. The fourth-order valence-corrected chi connectivity index (χ4v) is 2.19. The lowest BCUT2D eigenvalue weighted by Crippen LogP contribution is -2.41. The fourth-order valence-electron chi connectivity index (χ4n) is 0.894. The zero-order valence-corrected chi connectivity index (χ0v) is 11.1. The van der Waals surface area contributed by atoms with Crippen molar-refractivity contribution in [3.63, 3.8) is 0 Å². The molecule has 0 aromatic rings. The van der Waals surface area contributed by atoms with Gasteiger partial charge in [0, 0.05) is 26.9 Å². The molecule has 0 amide bonds. The van der Waals surface area contributed by atoms with E-state index in [-0.39, 0.29) is 6.61 Å². The van der Waals surface area contributed by atoms with Crippen molar-refractivity contribution >= 4 is 14.8 Å². The number of carbonyl (C=O) groups excluding carboxylic acids is 1. The van der Waals surface area contributed by atoms with Crippen molar-refractivity contribution in [2.45, 2.75) is 6.92 Å². The maximum Gasteiger partial charge on any atom is 0.528 e. The van der Waals surface area contributed by atoms with Crippen LogP contribution in [0.15, 0.2) is 23.9 Å². The van der Waals surface area contributed by atoms with Gasteiger partial charge in [0.25, 0.3) is 0 Å². The highest BCUT2D eigenvalue weighted by Gasteiger charge is 2.34. The van der Waals surface area contributed by atoms with E-state index >= 15 is 0 Å². The smallest absolute Gasteiger partial charge is 0.458 e. The Kier molecular flexibility index (Phi) is 6.90. The molecule has 16 heavy (non-hydrogen) atoms. The summed E-state index contributed by atoms with van der Waals surface area (Å²) in [4.78, 5) is 11.0. The van der Waals surface area contributed by atoms with Gasteiger partial charge in [-0.3, -0.25) is 0 Å². The summed E-state index contributed by atoms with van der Waals surface area (Å²) in [6.45, 7) is 5.19. The Morgan fingerprint density at radius 1 is 1.25 bits per heavy atom. The standard InChI is InChI=1S/C10H18O5Si/c1-9(2)10(11)15-7-6-8-16(12-3,13-4)14-5/h6,8H,1,7H2,2-5H3/b8-6+. The van der Waals surface area contributed by atoms with Gasteiger partial charge in [0.05, 0.1) is 0 Å². The van der Waals surface area contributed by atoms with Crippen LogP contribution in [-0.2, 0) is 22.8 Å². The van der Waals surface area contributed by atoms with E-state index in [1.807, 2.05) is 0 Å². The minimum atomic E-state index is -2.71. The monoisotopic (exact) mass is 246 g/mol. The molecule has 0 spiro atoms. The molecular weight excluding hydrogens is 228 g/mol. The van der Waals surface area contributed by atoms with Gasteiger partial charge in [-0.2, -0.15) is 0 Å². The van der Waals surface area contributed by atoms with Gasteiger partial charge in [-0.05, 0) is 18.7 Å². The van der Waals surface area contributed by atoms with Crippen LogP contribution in [0, 0.1) is 0 Å². The summed E-state index contributed by atoms with van der Waals surface area (Å²) in [5.41, 5.74) is 2.01. The first kappa shape index (κ1) is 15.0. The highest BCUT2D eigenvalue weighted by Crippen LogP contribution is 2.07. The summed E-state index contributed by atoms with van der Waals surface area (Å²) in [7, 11) is 1.80. The van der Waals surface area contributed by atoms with E-state index in [0.29, 0.717) is 5.57 Å². The first-order valence-electron chi connectivity index (χ1n) is 4.67. The first-order valence-corrected chi connectivity index (χ1v) is 6.47. The molecule has 0 bridgehead atoms. The summed E-state index contributed by atoms with van der Waals surface area (Å²) in [5.74, 6) is -0.427. The highest BCUT2D eigenvalue weighted by atomic mass is 28.4. The minimum Gasteiger partial charge on any atom is -0.458 e. The molecule has 0 heterocycles. The maximum absolute atomic E-state index is 11.0. The Morgan fingerprint density at radius 3 is 2.12 bits per heavy atom. The van der Waals surface area contributed by atoms with Crippen molar-refractivity contribution in [2.24, 2.45) is 0 Å². The molecule has 0 radical (unpaired) electrons. The van der Waals surface area contributed by atoms with E-state index in [9.17, 15) is 4.79 Å². The second-order valence-electron chi connectivity index (χ2n) is 3.00. The molecule has 0 aliphatic carbocycles. The van der Waals surface area contributed by atoms with Gasteiger partial charge in [0.1, 0.15) is 6.61 Å². The van der Waals surface area contributed by atoms with Gasteiger partial charge in [0.2, 0.25) is 0 Å². The topological polar surface area (TPSA) is 54.0 Å². The normalized spacial score (nSPS) is 11.8. The number of ether oxygens (including phenoxy) is 1. The Hall–Kier alpha value is -0.953. The van der Waals surface area contributed by atoms with Crippen molar-refractivity contribution in [1.29, 1.82) is 0 Å². The SMILES string of the molecule is C=C(C)C(=O)OC/C=C/[Si](OC)(OC)OC. The van der Waals surface area contributed by atoms with Crippen LogP contribution in [0.4, 0.5) is 0 Å². The molecule has 5 nitrogen and oxygen atoms in total. The van der Waals surface area contributed by atoms with Crippen molar-refractivity contribution in [3.05, 3.63) is 23.9 Å². The van der Waals surface area contributed by atoms with Gasteiger partial charge in [-0.25, -0.2) is 4.79 Å². The molecule has 0 saturated carbocycles. The van der Waals surface area contributed by atoms with Crippen LogP contribution in [0.3, 0.4) is 0 Å². The van der Waals surface area contributed by atoms with Crippen molar-refractivity contribution < 1.29 is 22.8 Å². The average molecular weight is 246 g/mol. The summed E-state index contributed by atoms with van der Waals surface area (Å²) < 4.78 is 20.3. The Labute approximate surface area is 97.0 Å². The van der Waals surface area contributed by atoms with Gasteiger partial charge >= 0.3 is 14.8 Å². The Balaban J connectivity index is 4.17. The number of esters is 1. The molecule has 0 aromatic carbocycles. The lowest BCUT2D eigenvalue weighted by atomic mass is 10.4. The lowest BCUT2D eigenvalue weighted by Gasteiger charge is -2.20. The third-order valence-corrected chi connectivity index (χ3v) is 4.19. The molecule has 0 N–H and O–H groups in total. The predicted octanol–water partition coefficient (Wildman–Crippen LogP) is 1.08. The van der Waals surface area contributed by atoms with Crippen molar-refractivity contribution in [2.75, 3.05) is 27.9 Å². The van der Waals surface area contributed by atoms with E-state index < -0.39 is 14.8 Å². The van der Waals surface area contributed by atoms with Crippen LogP contribution in [0.5, 0.6) is 0 Å². The fraction of sp³-hybridized carbons (Fsp3) is 0.500. The largest absolute Gasteiger partial charge is 0.528 e.